The third-order valence-electron chi connectivity index (χ3n) is 2.25. The maximum absolute atomic E-state index is 9.98. The second-order valence-corrected chi connectivity index (χ2v) is 4.95. The Morgan fingerprint density at radius 3 is 3.00 bits per heavy atom. The molecule has 1 unspecified atom stereocenters. The fourth-order valence-electron chi connectivity index (χ4n) is 1.42. The van der Waals surface area contributed by atoms with Crippen molar-refractivity contribution in [1.82, 2.24) is 9.97 Å². The first-order valence-corrected chi connectivity index (χ1v) is 6.11. The molecular formula is C11H11ClN2OS. The molecule has 16 heavy (non-hydrogen) atoms. The van der Waals surface area contributed by atoms with Crippen molar-refractivity contribution < 1.29 is 5.11 Å². The standard InChI is InChI=1S/C11H11ClN2OS/c1-7-14-10(6-16-7)11(15)4-8-2-3-13-5-9(8)12/h2-3,5-6,11,15H,4H2,1H3. The normalized spacial score (nSPS) is 12.7. The number of rotatable bonds is 3. The summed E-state index contributed by atoms with van der Waals surface area (Å²) in [5.41, 5.74) is 1.59. The van der Waals surface area contributed by atoms with Crippen LogP contribution in [0.2, 0.25) is 5.02 Å². The predicted molar refractivity (Wildman–Crippen MR) is 64.8 cm³/mol. The number of halogens is 1. The van der Waals surface area contributed by atoms with Crippen LogP contribution in [0.1, 0.15) is 22.4 Å². The zero-order valence-electron chi connectivity index (χ0n) is 8.72. The number of hydrogen-bond acceptors (Lipinski definition) is 4. The molecule has 0 aliphatic heterocycles. The summed E-state index contributed by atoms with van der Waals surface area (Å²) in [5.74, 6) is 0. The van der Waals surface area contributed by atoms with Gasteiger partial charge in [0.1, 0.15) is 6.10 Å². The highest BCUT2D eigenvalue weighted by atomic mass is 35.5. The summed E-state index contributed by atoms with van der Waals surface area (Å²) in [6.07, 6.45) is 3.10. The van der Waals surface area contributed by atoms with Crippen molar-refractivity contribution in [1.29, 1.82) is 0 Å². The highest BCUT2D eigenvalue weighted by Crippen LogP contribution is 2.23. The molecule has 0 spiro atoms. The highest BCUT2D eigenvalue weighted by molar-refractivity contribution is 7.09. The van der Waals surface area contributed by atoms with Crippen LogP contribution in [0.5, 0.6) is 0 Å². The number of aliphatic hydroxyl groups excluding tert-OH is 1. The molecule has 0 saturated carbocycles. The fourth-order valence-corrected chi connectivity index (χ4v) is 2.27. The smallest absolute Gasteiger partial charge is 0.101 e. The first-order chi connectivity index (χ1) is 7.66. The molecule has 0 bridgehead atoms. The van der Waals surface area contributed by atoms with Gasteiger partial charge in [0.2, 0.25) is 0 Å². The summed E-state index contributed by atoms with van der Waals surface area (Å²) in [6.45, 7) is 1.92. The predicted octanol–water partition coefficient (Wildman–Crippen LogP) is 2.78. The van der Waals surface area contributed by atoms with Gasteiger partial charge in [0, 0.05) is 24.2 Å². The van der Waals surface area contributed by atoms with Crippen molar-refractivity contribution in [2.45, 2.75) is 19.4 Å². The maximum Gasteiger partial charge on any atom is 0.101 e. The first-order valence-electron chi connectivity index (χ1n) is 4.85. The molecule has 0 amide bonds. The van der Waals surface area contributed by atoms with E-state index >= 15 is 0 Å². The van der Waals surface area contributed by atoms with Crippen LogP contribution in [-0.2, 0) is 6.42 Å². The van der Waals surface area contributed by atoms with Gasteiger partial charge in [-0.1, -0.05) is 11.6 Å². The molecule has 5 heteroatoms. The first kappa shape index (κ1) is 11.5. The van der Waals surface area contributed by atoms with Gasteiger partial charge >= 0.3 is 0 Å². The average Bonchev–Trinajstić information content (AvgIpc) is 2.68. The van der Waals surface area contributed by atoms with Crippen molar-refractivity contribution in [2.75, 3.05) is 0 Å². The number of aryl methyl sites for hydroxylation is 1. The third kappa shape index (κ3) is 2.58. The lowest BCUT2D eigenvalue weighted by atomic mass is 10.1. The van der Waals surface area contributed by atoms with Gasteiger partial charge in [-0.2, -0.15) is 0 Å². The Hall–Kier alpha value is -0.970. The van der Waals surface area contributed by atoms with Crippen LogP contribution in [0.3, 0.4) is 0 Å². The van der Waals surface area contributed by atoms with E-state index in [9.17, 15) is 5.11 Å². The van der Waals surface area contributed by atoms with Crippen molar-refractivity contribution in [2.24, 2.45) is 0 Å². The van der Waals surface area contributed by atoms with Crippen molar-refractivity contribution in [3.8, 4) is 0 Å². The van der Waals surface area contributed by atoms with Gasteiger partial charge in [-0.3, -0.25) is 4.98 Å². The molecule has 84 valence electrons. The number of aromatic nitrogens is 2. The monoisotopic (exact) mass is 254 g/mol. The molecule has 0 fully saturated rings. The van der Waals surface area contributed by atoms with E-state index in [1.165, 1.54) is 11.3 Å². The molecule has 2 aromatic heterocycles. The molecule has 2 heterocycles. The van der Waals surface area contributed by atoms with Gasteiger partial charge in [-0.25, -0.2) is 4.98 Å². The molecule has 1 atom stereocenters. The Bertz CT molecular complexity index is 486. The van der Waals surface area contributed by atoms with Crippen LogP contribution in [0.4, 0.5) is 0 Å². The van der Waals surface area contributed by atoms with E-state index in [1.54, 1.807) is 12.4 Å². The summed E-state index contributed by atoms with van der Waals surface area (Å²) in [6, 6.07) is 1.81. The van der Waals surface area contributed by atoms with E-state index in [1.807, 2.05) is 18.4 Å². The van der Waals surface area contributed by atoms with Crippen LogP contribution in [0.15, 0.2) is 23.8 Å². The topological polar surface area (TPSA) is 46.0 Å². The molecule has 0 aromatic carbocycles. The lowest BCUT2D eigenvalue weighted by molar-refractivity contribution is 0.174. The van der Waals surface area contributed by atoms with E-state index in [0.717, 1.165) is 10.6 Å². The summed E-state index contributed by atoms with van der Waals surface area (Å²) < 4.78 is 0. The molecule has 0 radical (unpaired) electrons. The average molecular weight is 255 g/mol. The minimum absolute atomic E-state index is 0.463. The van der Waals surface area contributed by atoms with Gasteiger partial charge in [0.15, 0.2) is 0 Å². The lowest BCUT2D eigenvalue weighted by Crippen LogP contribution is -2.03. The molecular weight excluding hydrogens is 244 g/mol. The van der Waals surface area contributed by atoms with Crippen LogP contribution in [-0.4, -0.2) is 15.1 Å². The van der Waals surface area contributed by atoms with E-state index in [-0.39, 0.29) is 0 Å². The second-order valence-electron chi connectivity index (χ2n) is 3.48. The van der Waals surface area contributed by atoms with Gasteiger partial charge in [-0.15, -0.1) is 11.3 Å². The Morgan fingerprint density at radius 2 is 2.38 bits per heavy atom. The highest BCUT2D eigenvalue weighted by Gasteiger charge is 2.13. The fraction of sp³-hybridized carbons (Fsp3) is 0.273. The third-order valence-corrected chi connectivity index (χ3v) is 3.38. The Labute approximate surface area is 103 Å². The molecule has 0 aliphatic carbocycles. The summed E-state index contributed by atoms with van der Waals surface area (Å²) in [7, 11) is 0. The van der Waals surface area contributed by atoms with E-state index in [0.29, 0.717) is 17.1 Å². The molecule has 3 nitrogen and oxygen atoms in total. The van der Waals surface area contributed by atoms with Crippen LogP contribution >= 0.6 is 22.9 Å². The van der Waals surface area contributed by atoms with Crippen LogP contribution < -0.4 is 0 Å². The summed E-state index contributed by atoms with van der Waals surface area (Å²) >= 11 is 7.50. The Balaban J connectivity index is 2.13. The van der Waals surface area contributed by atoms with Crippen LogP contribution in [0.25, 0.3) is 0 Å². The van der Waals surface area contributed by atoms with Crippen LogP contribution in [0, 0.1) is 6.92 Å². The summed E-state index contributed by atoms with van der Waals surface area (Å²) in [5, 5.41) is 13.4. The molecule has 2 aromatic rings. The SMILES string of the molecule is Cc1nc(C(O)Cc2ccncc2Cl)cs1. The van der Waals surface area contributed by atoms with E-state index in [4.69, 9.17) is 11.6 Å². The van der Waals surface area contributed by atoms with Gasteiger partial charge < -0.3 is 5.11 Å². The lowest BCUT2D eigenvalue weighted by Gasteiger charge is -2.08. The van der Waals surface area contributed by atoms with Gasteiger partial charge in [-0.05, 0) is 18.6 Å². The zero-order valence-corrected chi connectivity index (χ0v) is 10.3. The Morgan fingerprint density at radius 1 is 1.56 bits per heavy atom. The Kier molecular flexibility index (Phi) is 3.53. The molecule has 0 saturated heterocycles. The molecule has 2 rings (SSSR count). The minimum atomic E-state index is -0.607. The minimum Gasteiger partial charge on any atom is -0.386 e. The van der Waals surface area contributed by atoms with Gasteiger partial charge in [0.25, 0.3) is 0 Å². The molecule has 1 N–H and O–H groups in total. The number of nitrogens with zero attached hydrogens (tertiary/aromatic N) is 2. The maximum atomic E-state index is 9.98. The number of aliphatic hydroxyl groups is 1. The second kappa shape index (κ2) is 4.91. The van der Waals surface area contributed by atoms with Crippen molar-refractivity contribution in [3.63, 3.8) is 0 Å². The number of pyridine rings is 1. The number of thiazole rings is 1. The largest absolute Gasteiger partial charge is 0.386 e. The van der Waals surface area contributed by atoms with Crippen molar-refractivity contribution >= 4 is 22.9 Å². The van der Waals surface area contributed by atoms with Crippen molar-refractivity contribution in [3.05, 3.63) is 45.1 Å². The number of hydrogen-bond donors (Lipinski definition) is 1. The van der Waals surface area contributed by atoms with E-state index in [2.05, 4.69) is 9.97 Å². The van der Waals surface area contributed by atoms with E-state index < -0.39 is 6.10 Å². The summed E-state index contributed by atoms with van der Waals surface area (Å²) in [4.78, 5) is 8.15. The zero-order chi connectivity index (χ0) is 11.5. The quantitative estimate of drug-likeness (QED) is 0.916. The van der Waals surface area contributed by atoms with Gasteiger partial charge in [0.05, 0.1) is 15.7 Å². The molecule has 0 aliphatic rings.